The molecule has 1 amide bonds. The Bertz CT molecular complexity index is 587. The molecule has 0 bridgehead atoms. The number of nitrogens with zero attached hydrogens (tertiary/aromatic N) is 4. The van der Waals surface area contributed by atoms with E-state index in [2.05, 4.69) is 33.8 Å². The van der Waals surface area contributed by atoms with Gasteiger partial charge in [0.1, 0.15) is 6.54 Å². The number of benzene rings is 1. The molecule has 25 heavy (non-hydrogen) atoms. The van der Waals surface area contributed by atoms with Gasteiger partial charge in [-0.1, -0.05) is 25.1 Å². The maximum atomic E-state index is 12.4. The molecule has 1 aromatic rings. The molecule has 6 heteroatoms. The van der Waals surface area contributed by atoms with E-state index in [0.717, 1.165) is 58.0 Å². The second-order valence-corrected chi connectivity index (χ2v) is 7.05. The van der Waals surface area contributed by atoms with Crippen LogP contribution in [0.3, 0.4) is 0 Å². The van der Waals surface area contributed by atoms with E-state index >= 15 is 0 Å². The minimum atomic E-state index is 0.0704. The summed E-state index contributed by atoms with van der Waals surface area (Å²) in [5.41, 5.74) is 7.29. The molecule has 0 unspecified atom stereocenters. The predicted molar refractivity (Wildman–Crippen MR) is 102 cm³/mol. The minimum Gasteiger partial charge on any atom is -0.370 e. The van der Waals surface area contributed by atoms with Gasteiger partial charge >= 0.3 is 0 Å². The third-order valence-electron chi connectivity index (χ3n) is 5.24. The van der Waals surface area contributed by atoms with Crippen LogP contribution in [0, 0.1) is 5.92 Å². The summed E-state index contributed by atoms with van der Waals surface area (Å²) in [6, 6.07) is 10.3. The number of hydrogen-bond donors (Lipinski definition) is 1. The number of piperidine rings is 1. The number of rotatable bonds is 3. The molecule has 2 aliphatic heterocycles. The van der Waals surface area contributed by atoms with E-state index in [0.29, 0.717) is 5.96 Å². The lowest BCUT2D eigenvalue weighted by Gasteiger charge is -2.36. The van der Waals surface area contributed by atoms with Crippen LogP contribution in [-0.4, -0.2) is 67.5 Å². The SMILES string of the molecule is CC1CCN(C(N)=NCC(=O)N2CCN(c3ccccc3)CC2)CC1. The van der Waals surface area contributed by atoms with Gasteiger partial charge in [0.15, 0.2) is 5.96 Å². The lowest BCUT2D eigenvalue weighted by Crippen LogP contribution is -2.49. The number of anilines is 1. The number of nitrogens with two attached hydrogens (primary N) is 1. The van der Waals surface area contributed by atoms with E-state index in [1.54, 1.807) is 0 Å². The Kier molecular flexibility index (Phi) is 5.79. The van der Waals surface area contributed by atoms with Crippen LogP contribution in [0.4, 0.5) is 5.69 Å². The minimum absolute atomic E-state index is 0.0704. The summed E-state index contributed by atoms with van der Waals surface area (Å²) in [5, 5.41) is 0. The van der Waals surface area contributed by atoms with Crippen LogP contribution in [0.25, 0.3) is 0 Å². The Labute approximate surface area is 150 Å². The van der Waals surface area contributed by atoms with Gasteiger partial charge in [-0.2, -0.15) is 0 Å². The zero-order valence-corrected chi connectivity index (χ0v) is 15.1. The average Bonchev–Trinajstić information content (AvgIpc) is 2.67. The van der Waals surface area contributed by atoms with E-state index < -0.39 is 0 Å². The smallest absolute Gasteiger partial charge is 0.244 e. The second-order valence-electron chi connectivity index (χ2n) is 7.05. The molecule has 0 aromatic heterocycles. The van der Waals surface area contributed by atoms with Gasteiger partial charge in [0.25, 0.3) is 0 Å². The summed E-state index contributed by atoms with van der Waals surface area (Å²) in [7, 11) is 0. The summed E-state index contributed by atoms with van der Waals surface area (Å²) in [6.07, 6.45) is 2.29. The molecule has 2 aliphatic rings. The Morgan fingerprint density at radius 3 is 2.32 bits per heavy atom. The van der Waals surface area contributed by atoms with Crippen molar-refractivity contribution in [2.45, 2.75) is 19.8 Å². The highest BCUT2D eigenvalue weighted by molar-refractivity contribution is 5.84. The van der Waals surface area contributed by atoms with Crippen LogP contribution in [0.1, 0.15) is 19.8 Å². The van der Waals surface area contributed by atoms with Gasteiger partial charge in [-0.3, -0.25) is 4.79 Å². The quantitative estimate of drug-likeness (QED) is 0.665. The lowest BCUT2D eigenvalue weighted by atomic mass is 10.00. The number of para-hydroxylation sites is 1. The number of guanidine groups is 1. The van der Waals surface area contributed by atoms with Crippen LogP contribution >= 0.6 is 0 Å². The first-order chi connectivity index (χ1) is 12.1. The van der Waals surface area contributed by atoms with Crippen molar-refractivity contribution < 1.29 is 4.79 Å². The lowest BCUT2D eigenvalue weighted by molar-refractivity contribution is -0.129. The molecule has 2 saturated heterocycles. The summed E-state index contributed by atoms with van der Waals surface area (Å²) < 4.78 is 0. The Morgan fingerprint density at radius 1 is 1.04 bits per heavy atom. The molecule has 0 aliphatic carbocycles. The van der Waals surface area contributed by atoms with Crippen molar-refractivity contribution in [3.8, 4) is 0 Å². The zero-order chi connectivity index (χ0) is 17.6. The molecule has 0 radical (unpaired) electrons. The molecule has 3 rings (SSSR count). The summed E-state index contributed by atoms with van der Waals surface area (Å²) in [5.74, 6) is 1.34. The number of carbonyl (C=O) groups is 1. The standard InChI is InChI=1S/C19H29N5O/c1-16-7-9-24(10-8-16)19(20)21-15-18(25)23-13-11-22(12-14-23)17-5-3-2-4-6-17/h2-6,16H,7-15H2,1H3,(H2,20,21). The Hall–Kier alpha value is -2.24. The maximum absolute atomic E-state index is 12.4. The number of amides is 1. The highest BCUT2D eigenvalue weighted by Gasteiger charge is 2.22. The van der Waals surface area contributed by atoms with Crippen LogP contribution in [0.5, 0.6) is 0 Å². The van der Waals surface area contributed by atoms with Crippen LogP contribution < -0.4 is 10.6 Å². The first kappa shape index (κ1) is 17.6. The maximum Gasteiger partial charge on any atom is 0.244 e. The van der Waals surface area contributed by atoms with Gasteiger partial charge in [-0.15, -0.1) is 0 Å². The molecule has 2 N–H and O–H groups in total. The number of likely N-dealkylation sites (tertiary alicyclic amines) is 1. The van der Waals surface area contributed by atoms with Gasteiger partial charge < -0.3 is 20.4 Å². The first-order valence-corrected chi connectivity index (χ1v) is 9.26. The largest absolute Gasteiger partial charge is 0.370 e. The van der Waals surface area contributed by atoms with Crippen molar-refractivity contribution >= 4 is 17.6 Å². The third kappa shape index (κ3) is 4.65. The second kappa shape index (κ2) is 8.23. The van der Waals surface area contributed by atoms with Crippen molar-refractivity contribution in [1.82, 2.24) is 9.80 Å². The van der Waals surface area contributed by atoms with Crippen LogP contribution in [-0.2, 0) is 4.79 Å². The van der Waals surface area contributed by atoms with Crippen molar-refractivity contribution in [2.75, 3.05) is 50.7 Å². The molecule has 1 aromatic carbocycles. The van der Waals surface area contributed by atoms with Crippen molar-refractivity contribution in [2.24, 2.45) is 16.6 Å². The highest BCUT2D eigenvalue weighted by atomic mass is 16.2. The van der Waals surface area contributed by atoms with Crippen molar-refractivity contribution in [1.29, 1.82) is 0 Å². The molecule has 2 heterocycles. The highest BCUT2D eigenvalue weighted by Crippen LogP contribution is 2.16. The normalized spacial score (nSPS) is 20.0. The number of hydrogen-bond acceptors (Lipinski definition) is 3. The van der Waals surface area contributed by atoms with E-state index in [9.17, 15) is 4.79 Å². The van der Waals surface area contributed by atoms with Crippen LogP contribution in [0.2, 0.25) is 0 Å². The zero-order valence-electron chi connectivity index (χ0n) is 15.1. The van der Waals surface area contributed by atoms with E-state index in [1.807, 2.05) is 23.1 Å². The summed E-state index contributed by atoms with van der Waals surface area (Å²) in [6.45, 7) is 7.51. The fourth-order valence-corrected chi connectivity index (χ4v) is 3.44. The number of piperazine rings is 1. The van der Waals surface area contributed by atoms with Crippen molar-refractivity contribution in [3.63, 3.8) is 0 Å². The average molecular weight is 343 g/mol. The molecule has 2 fully saturated rings. The molecule has 136 valence electrons. The van der Waals surface area contributed by atoms with Gasteiger partial charge in [0, 0.05) is 45.0 Å². The van der Waals surface area contributed by atoms with E-state index in [4.69, 9.17) is 5.73 Å². The molecule has 0 saturated carbocycles. The molecule has 6 nitrogen and oxygen atoms in total. The Morgan fingerprint density at radius 2 is 1.68 bits per heavy atom. The van der Waals surface area contributed by atoms with Gasteiger partial charge in [0.05, 0.1) is 0 Å². The molecular formula is C19H29N5O. The third-order valence-corrected chi connectivity index (χ3v) is 5.24. The van der Waals surface area contributed by atoms with E-state index in [-0.39, 0.29) is 12.5 Å². The van der Waals surface area contributed by atoms with Gasteiger partial charge in [0.2, 0.25) is 5.91 Å². The molecule has 0 atom stereocenters. The van der Waals surface area contributed by atoms with Gasteiger partial charge in [-0.05, 0) is 30.9 Å². The number of aliphatic imine (C=N–C) groups is 1. The van der Waals surface area contributed by atoms with Crippen LogP contribution in [0.15, 0.2) is 35.3 Å². The first-order valence-electron chi connectivity index (χ1n) is 9.26. The predicted octanol–water partition coefficient (Wildman–Crippen LogP) is 1.38. The fraction of sp³-hybridized carbons (Fsp3) is 0.579. The van der Waals surface area contributed by atoms with Crippen molar-refractivity contribution in [3.05, 3.63) is 30.3 Å². The summed E-state index contributed by atoms with van der Waals surface area (Å²) >= 11 is 0. The Balaban J connectivity index is 1.45. The van der Waals surface area contributed by atoms with E-state index in [1.165, 1.54) is 5.69 Å². The van der Waals surface area contributed by atoms with Gasteiger partial charge in [-0.25, -0.2) is 4.99 Å². The summed E-state index contributed by atoms with van der Waals surface area (Å²) in [4.78, 5) is 23.1. The number of carbonyl (C=O) groups excluding carboxylic acids is 1. The monoisotopic (exact) mass is 343 g/mol. The topological polar surface area (TPSA) is 65.2 Å². The fourth-order valence-electron chi connectivity index (χ4n) is 3.44. The molecular weight excluding hydrogens is 314 g/mol. The molecule has 0 spiro atoms.